The molecule has 0 bridgehead atoms. The van der Waals surface area contributed by atoms with Crippen LogP contribution in [0.1, 0.15) is 33.3 Å². The lowest BCUT2D eigenvalue weighted by Crippen LogP contribution is -2.54. The SMILES string of the molecule is COc1ccc(C[C@]2(C)NC(=S)N(C(C)(C)C)N2)cc1. The summed E-state index contributed by atoms with van der Waals surface area (Å²) in [5.74, 6) is 0.873. The molecule has 0 amide bonds. The quantitative estimate of drug-likeness (QED) is 0.837. The number of nitrogens with zero attached hydrogens (tertiary/aromatic N) is 1. The van der Waals surface area contributed by atoms with E-state index < -0.39 is 0 Å². The molecule has 1 atom stereocenters. The summed E-state index contributed by atoms with van der Waals surface area (Å²) in [5.41, 5.74) is 4.39. The van der Waals surface area contributed by atoms with E-state index in [9.17, 15) is 0 Å². The van der Waals surface area contributed by atoms with Gasteiger partial charge in [0.15, 0.2) is 5.11 Å². The molecule has 1 heterocycles. The van der Waals surface area contributed by atoms with Crippen molar-refractivity contribution in [1.29, 1.82) is 0 Å². The van der Waals surface area contributed by atoms with Crippen molar-refractivity contribution >= 4 is 17.3 Å². The van der Waals surface area contributed by atoms with Gasteiger partial charge in [-0.3, -0.25) is 5.01 Å². The van der Waals surface area contributed by atoms with E-state index in [2.05, 4.69) is 50.6 Å². The molecule has 0 saturated carbocycles. The Morgan fingerprint density at radius 2 is 1.85 bits per heavy atom. The number of thiocarbonyl (C=S) groups is 1. The van der Waals surface area contributed by atoms with E-state index in [1.54, 1.807) is 7.11 Å². The first-order valence-corrected chi connectivity index (χ1v) is 7.17. The van der Waals surface area contributed by atoms with E-state index in [0.29, 0.717) is 0 Å². The van der Waals surface area contributed by atoms with Gasteiger partial charge in [-0.05, 0) is 57.6 Å². The molecular weight excluding hydrogens is 270 g/mol. The number of ether oxygens (including phenoxy) is 1. The van der Waals surface area contributed by atoms with Gasteiger partial charge in [0.25, 0.3) is 0 Å². The number of benzene rings is 1. The Morgan fingerprint density at radius 1 is 1.25 bits per heavy atom. The average Bonchev–Trinajstić information content (AvgIpc) is 2.65. The van der Waals surface area contributed by atoms with Gasteiger partial charge in [-0.25, -0.2) is 5.43 Å². The Balaban J connectivity index is 2.10. The lowest BCUT2D eigenvalue weighted by Gasteiger charge is -2.34. The van der Waals surface area contributed by atoms with Crippen molar-refractivity contribution in [2.45, 2.75) is 45.3 Å². The Morgan fingerprint density at radius 3 is 2.30 bits per heavy atom. The minimum absolute atomic E-state index is 0.0538. The molecule has 0 unspecified atom stereocenters. The first-order valence-electron chi connectivity index (χ1n) is 6.77. The van der Waals surface area contributed by atoms with Gasteiger partial charge in [-0.1, -0.05) is 12.1 Å². The van der Waals surface area contributed by atoms with Crippen molar-refractivity contribution in [3.05, 3.63) is 29.8 Å². The zero-order valence-electron chi connectivity index (χ0n) is 12.8. The summed E-state index contributed by atoms with van der Waals surface area (Å²) in [5, 5.41) is 6.14. The second-order valence-electron chi connectivity index (χ2n) is 6.41. The fraction of sp³-hybridized carbons (Fsp3) is 0.533. The third-order valence-electron chi connectivity index (χ3n) is 3.33. The summed E-state index contributed by atoms with van der Waals surface area (Å²) in [6.07, 6.45) is 0.837. The molecule has 1 aromatic rings. The Bertz CT molecular complexity index is 495. The van der Waals surface area contributed by atoms with Crippen LogP contribution < -0.4 is 15.5 Å². The first kappa shape index (κ1) is 15.1. The predicted molar refractivity (Wildman–Crippen MR) is 85.6 cm³/mol. The molecule has 110 valence electrons. The summed E-state index contributed by atoms with van der Waals surface area (Å²) in [7, 11) is 1.68. The number of hydrogen-bond acceptors (Lipinski definition) is 3. The maximum absolute atomic E-state index is 5.43. The maximum Gasteiger partial charge on any atom is 0.185 e. The van der Waals surface area contributed by atoms with Gasteiger partial charge in [-0.2, -0.15) is 0 Å². The van der Waals surface area contributed by atoms with Gasteiger partial charge in [0.2, 0.25) is 0 Å². The topological polar surface area (TPSA) is 36.5 Å². The Kier molecular flexibility index (Phi) is 3.93. The van der Waals surface area contributed by atoms with Crippen LogP contribution >= 0.6 is 12.2 Å². The van der Waals surface area contributed by atoms with Crippen LogP contribution in [0.5, 0.6) is 5.75 Å². The number of hydrazine groups is 1. The van der Waals surface area contributed by atoms with Crippen LogP contribution in [0.2, 0.25) is 0 Å². The maximum atomic E-state index is 5.43. The molecule has 1 saturated heterocycles. The molecule has 0 spiro atoms. The van der Waals surface area contributed by atoms with E-state index in [4.69, 9.17) is 17.0 Å². The van der Waals surface area contributed by atoms with Gasteiger partial charge in [0, 0.05) is 6.42 Å². The number of nitrogens with one attached hydrogen (secondary N) is 2. The lowest BCUT2D eigenvalue weighted by molar-refractivity contribution is 0.138. The third-order valence-corrected chi connectivity index (χ3v) is 3.62. The van der Waals surface area contributed by atoms with Gasteiger partial charge in [0.1, 0.15) is 11.4 Å². The van der Waals surface area contributed by atoms with E-state index >= 15 is 0 Å². The number of rotatable bonds is 3. The monoisotopic (exact) mass is 293 g/mol. The zero-order chi connectivity index (χ0) is 15.0. The van der Waals surface area contributed by atoms with Crippen molar-refractivity contribution in [2.24, 2.45) is 0 Å². The molecule has 0 aliphatic carbocycles. The van der Waals surface area contributed by atoms with Crippen LogP contribution in [-0.2, 0) is 6.42 Å². The van der Waals surface area contributed by atoms with Crippen molar-refractivity contribution in [1.82, 2.24) is 15.8 Å². The molecule has 1 aliphatic rings. The zero-order valence-corrected chi connectivity index (χ0v) is 13.6. The van der Waals surface area contributed by atoms with Crippen molar-refractivity contribution in [2.75, 3.05) is 7.11 Å². The van der Waals surface area contributed by atoms with E-state index in [1.165, 1.54) is 5.56 Å². The molecule has 2 N–H and O–H groups in total. The predicted octanol–water partition coefficient (Wildman–Crippen LogP) is 2.45. The molecular formula is C15H23N3OS. The second kappa shape index (κ2) is 5.22. The lowest BCUT2D eigenvalue weighted by atomic mass is 10.0. The van der Waals surface area contributed by atoms with Crippen LogP contribution in [0.3, 0.4) is 0 Å². The highest BCUT2D eigenvalue weighted by Crippen LogP contribution is 2.23. The summed E-state index contributed by atoms with van der Waals surface area (Å²) < 4.78 is 5.18. The summed E-state index contributed by atoms with van der Waals surface area (Å²) >= 11 is 5.43. The first-order chi connectivity index (χ1) is 9.23. The number of hydrogen-bond donors (Lipinski definition) is 2. The normalized spacial score (nSPS) is 22.9. The summed E-state index contributed by atoms with van der Waals surface area (Å²) in [4.78, 5) is 0. The van der Waals surface area contributed by atoms with E-state index in [-0.39, 0.29) is 11.2 Å². The van der Waals surface area contributed by atoms with Gasteiger partial charge in [0.05, 0.1) is 12.6 Å². The van der Waals surface area contributed by atoms with Crippen LogP contribution in [0.15, 0.2) is 24.3 Å². The molecule has 0 radical (unpaired) electrons. The summed E-state index contributed by atoms with van der Waals surface area (Å²) in [6.45, 7) is 8.52. The minimum Gasteiger partial charge on any atom is -0.497 e. The van der Waals surface area contributed by atoms with Crippen LogP contribution in [0.4, 0.5) is 0 Å². The Labute approximate surface area is 126 Å². The van der Waals surface area contributed by atoms with Crippen LogP contribution in [-0.4, -0.2) is 28.4 Å². The fourth-order valence-electron chi connectivity index (χ4n) is 2.33. The number of methoxy groups -OCH3 is 1. The smallest absolute Gasteiger partial charge is 0.185 e. The molecule has 1 aliphatic heterocycles. The molecule has 5 heteroatoms. The highest BCUT2D eigenvalue weighted by molar-refractivity contribution is 7.80. The minimum atomic E-state index is -0.265. The van der Waals surface area contributed by atoms with Crippen LogP contribution in [0.25, 0.3) is 0 Å². The third kappa shape index (κ3) is 3.22. The molecule has 1 fully saturated rings. The summed E-state index contributed by atoms with van der Waals surface area (Å²) in [6, 6.07) is 8.12. The van der Waals surface area contributed by atoms with Gasteiger partial charge in [-0.15, -0.1) is 0 Å². The van der Waals surface area contributed by atoms with E-state index in [0.717, 1.165) is 17.3 Å². The largest absolute Gasteiger partial charge is 0.497 e. The highest BCUT2D eigenvalue weighted by atomic mass is 32.1. The molecule has 4 nitrogen and oxygen atoms in total. The highest BCUT2D eigenvalue weighted by Gasteiger charge is 2.40. The van der Waals surface area contributed by atoms with Gasteiger partial charge < -0.3 is 10.1 Å². The van der Waals surface area contributed by atoms with Crippen molar-refractivity contribution in [3.8, 4) is 5.75 Å². The van der Waals surface area contributed by atoms with Crippen LogP contribution in [0, 0.1) is 0 Å². The molecule has 1 aromatic carbocycles. The molecule has 2 rings (SSSR count). The fourth-order valence-corrected chi connectivity index (χ4v) is 2.87. The molecule has 0 aromatic heterocycles. The standard InChI is InChI=1S/C15H23N3OS/c1-14(2,3)18-13(20)16-15(4,17-18)10-11-6-8-12(19-5)9-7-11/h6-9,17H,10H2,1-5H3,(H,16,20)/t15-/m1/s1. The van der Waals surface area contributed by atoms with Gasteiger partial charge >= 0.3 is 0 Å². The second-order valence-corrected chi connectivity index (χ2v) is 6.79. The Hall–Kier alpha value is -1.33. The van der Waals surface area contributed by atoms with E-state index in [1.807, 2.05) is 17.1 Å². The molecule has 20 heavy (non-hydrogen) atoms. The van der Waals surface area contributed by atoms with Crippen molar-refractivity contribution < 1.29 is 4.74 Å². The van der Waals surface area contributed by atoms with Crippen molar-refractivity contribution in [3.63, 3.8) is 0 Å². The average molecular weight is 293 g/mol.